The molecular weight excluding hydrogens is 364 g/mol. The zero-order valence-electron chi connectivity index (χ0n) is 14.4. The molecule has 1 saturated carbocycles. The van der Waals surface area contributed by atoms with Crippen molar-refractivity contribution < 1.29 is 0 Å². The number of aromatic nitrogens is 3. The minimum absolute atomic E-state index is 0.625. The van der Waals surface area contributed by atoms with Gasteiger partial charge in [-0.25, -0.2) is 15.0 Å². The summed E-state index contributed by atoms with van der Waals surface area (Å²) >= 11 is 7.66. The van der Waals surface area contributed by atoms with Gasteiger partial charge in [-0.2, -0.15) is 0 Å². The van der Waals surface area contributed by atoms with Crippen molar-refractivity contribution >= 4 is 22.9 Å². The van der Waals surface area contributed by atoms with Crippen LogP contribution in [0.1, 0.15) is 41.5 Å². The van der Waals surface area contributed by atoms with E-state index in [4.69, 9.17) is 21.6 Å². The van der Waals surface area contributed by atoms with Gasteiger partial charge in [0, 0.05) is 65.4 Å². The number of nitrogens with zero attached hydrogens (tertiary/aromatic N) is 4. The highest BCUT2D eigenvalue weighted by Crippen LogP contribution is 2.38. The fraction of sp³-hybridized carbons (Fsp3) is 0.350. The van der Waals surface area contributed by atoms with E-state index in [1.165, 1.54) is 24.1 Å². The summed E-state index contributed by atoms with van der Waals surface area (Å²) in [5, 5.41) is 3.96. The van der Waals surface area contributed by atoms with Gasteiger partial charge in [0.25, 0.3) is 0 Å². The van der Waals surface area contributed by atoms with Gasteiger partial charge in [0.05, 0.1) is 5.69 Å². The van der Waals surface area contributed by atoms with Gasteiger partial charge >= 0.3 is 0 Å². The molecule has 1 aliphatic heterocycles. The highest BCUT2D eigenvalue weighted by molar-refractivity contribution is 7.13. The van der Waals surface area contributed by atoms with Crippen LogP contribution in [0.3, 0.4) is 0 Å². The van der Waals surface area contributed by atoms with Gasteiger partial charge in [-0.15, -0.1) is 11.3 Å². The molecule has 2 aliphatic rings. The molecule has 1 fully saturated rings. The van der Waals surface area contributed by atoms with Crippen LogP contribution >= 0.6 is 22.9 Å². The summed E-state index contributed by atoms with van der Waals surface area (Å²) in [7, 11) is 0. The first kappa shape index (κ1) is 16.4. The summed E-state index contributed by atoms with van der Waals surface area (Å²) < 4.78 is 0. The molecule has 5 rings (SSSR count). The van der Waals surface area contributed by atoms with E-state index in [0.717, 1.165) is 53.2 Å². The van der Waals surface area contributed by atoms with Gasteiger partial charge in [0.2, 0.25) is 0 Å². The number of hydrogen-bond acceptors (Lipinski definition) is 5. The summed E-state index contributed by atoms with van der Waals surface area (Å²) in [6.07, 6.45) is 5.56. The fourth-order valence-electron chi connectivity index (χ4n) is 3.40. The van der Waals surface area contributed by atoms with Crippen molar-refractivity contribution in [3.63, 3.8) is 0 Å². The molecule has 0 spiro atoms. The molecule has 0 saturated heterocycles. The van der Waals surface area contributed by atoms with Crippen molar-refractivity contribution in [2.45, 2.75) is 38.3 Å². The molecule has 26 heavy (non-hydrogen) atoms. The zero-order chi connectivity index (χ0) is 17.5. The van der Waals surface area contributed by atoms with Gasteiger partial charge < -0.3 is 0 Å². The lowest BCUT2D eigenvalue weighted by Crippen LogP contribution is -2.31. The summed E-state index contributed by atoms with van der Waals surface area (Å²) in [6.45, 7) is 2.81. The van der Waals surface area contributed by atoms with E-state index >= 15 is 0 Å². The molecule has 3 heterocycles. The van der Waals surface area contributed by atoms with Crippen LogP contribution in [0.15, 0.2) is 35.8 Å². The Labute approximate surface area is 161 Å². The molecule has 1 aromatic carbocycles. The molecular formula is C20H19ClN4S. The highest BCUT2D eigenvalue weighted by Gasteiger charge is 2.28. The first-order chi connectivity index (χ1) is 12.7. The van der Waals surface area contributed by atoms with Crippen molar-refractivity contribution in [1.29, 1.82) is 0 Å². The average molecular weight is 383 g/mol. The molecule has 132 valence electrons. The Morgan fingerprint density at radius 2 is 2.00 bits per heavy atom. The van der Waals surface area contributed by atoms with E-state index in [1.54, 1.807) is 11.3 Å². The van der Waals surface area contributed by atoms with E-state index in [2.05, 4.69) is 15.3 Å². The maximum absolute atomic E-state index is 5.97. The number of thiazole rings is 1. The van der Waals surface area contributed by atoms with Crippen molar-refractivity contribution in [2.24, 2.45) is 0 Å². The summed E-state index contributed by atoms with van der Waals surface area (Å²) in [6, 6.07) is 7.87. The van der Waals surface area contributed by atoms with Crippen molar-refractivity contribution in [2.75, 3.05) is 6.54 Å². The third kappa shape index (κ3) is 3.39. The number of benzene rings is 1. The second-order valence-electron chi connectivity index (χ2n) is 7.09. The van der Waals surface area contributed by atoms with E-state index in [-0.39, 0.29) is 0 Å². The second-order valence-corrected chi connectivity index (χ2v) is 8.38. The van der Waals surface area contributed by atoms with Crippen LogP contribution in [0.25, 0.3) is 10.6 Å². The summed E-state index contributed by atoms with van der Waals surface area (Å²) in [5.41, 5.74) is 4.77. The van der Waals surface area contributed by atoms with Gasteiger partial charge in [0.15, 0.2) is 0 Å². The van der Waals surface area contributed by atoms with Crippen molar-refractivity contribution in [3.8, 4) is 10.6 Å². The van der Waals surface area contributed by atoms with Crippen molar-refractivity contribution in [1.82, 2.24) is 19.9 Å². The zero-order valence-corrected chi connectivity index (χ0v) is 15.9. The number of hydrogen-bond donors (Lipinski definition) is 0. The summed E-state index contributed by atoms with van der Waals surface area (Å²) in [4.78, 5) is 16.6. The third-order valence-electron chi connectivity index (χ3n) is 5.00. The first-order valence-electron chi connectivity index (χ1n) is 9.02. The predicted molar refractivity (Wildman–Crippen MR) is 104 cm³/mol. The van der Waals surface area contributed by atoms with Gasteiger partial charge in [-0.05, 0) is 25.0 Å². The molecule has 0 radical (unpaired) electrons. The molecule has 4 nitrogen and oxygen atoms in total. The lowest BCUT2D eigenvalue weighted by Gasteiger charge is -2.27. The standard InChI is InChI=1S/C20H19ClN4S/c21-16-5-3-14(4-6-16)20-23-17(12-26-20)11-25-8-7-18-15(10-25)9-22-19(24-18)13-1-2-13/h3-6,9,12-13H,1-2,7-8,10-11H2. The molecule has 0 atom stereocenters. The topological polar surface area (TPSA) is 41.9 Å². The molecule has 6 heteroatoms. The lowest BCUT2D eigenvalue weighted by molar-refractivity contribution is 0.240. The van der Waals surface area contributed by atoms with Crippen LogP contribution in [0, 0.1) is 0 Å². The van der Waals surface area contributed by atoms with E-state index < -0.39 is 0 Å². The Kier molecular flexibility index (Phi) is 4.23. The first-order valence-corrected chi connectivity index (χ1v) is 10.3. The van der Waals surface area contributed by atoms with Gasteiger partial charge in [-0.3, -0.25) is 4.90 Å². The van der Waals surface area contributed by atoms with Crippen LogP contribution in [0.5, 0.6) is 0 Å². The van der Waals surface area contributed by atoms with Crippen LogP contribution in [0.4, 0.5) is 0 Å². The average Bonchev–Trinajstić information content (AvgIpc) is 3.41. The molecule has 0 amide bonds. The Morgan fingerprint density at radius 3 is 2.81 bits per heavy atom. The minimum atomic E-state index is 0.625. The minimum Gasteiger partial charge on any atom is -0.293 e. The van der Waals surface area contributed by atoms with E-state index in [1.807, 2.05) is 30.5 Å². The Morgan fingerprint density at radius 1 is 1.15 bits per heavy atom. The number of fused-ring (bicyclic) bond motifs is 1. The second kappa shape index (κ2) is 6.72. The van der Waals surface area contributed by atoms with Crippen LogP contribution < -0.4 is 0 Å². The smallest absolute Gasteiger partial charge is 0.131 e. The quantitative estimate of drug-likeness (QED) is 0.656. The highest BCUT2D eigenvalue weighted by atomic mass is 35.5. The SMILES string of the molecule is Clc1ccc(-c2nc(CN3CCc4nc(C5CC5)ncc4C3)cs2)cc1. The van der Waals surface area contributed by atoms with E-state index in [0.29, 0.717) is 5.92 Å². The van der Waals surface area contributed by atoms with Crippen LogP contribution in [-0.2, 0) is 19.5 Å². The number of halogens is 1. The molecule has 0 N–H and O–H groups in total. The lowest BCUT2D eigenvalue weighted by atomic mass is 10.1. The van der Waals surface area contributed by atoms with Crippen LogP contribution in [0.2, 0.25) is 5.02 Å². The third-order valence-corrected chi connectivity index (χ3v) is 6.19. The Bertz CT molecular complexity index is 933. The Balaban J connectivity index is 1.28. The molecule has 1 aliphatic carbocycles. The maximum atomic E-state index is 5.97. The molecule has 2 aromatic heterocycles. The molecule has 3 aromatic rings. The predicted octanol–water partition coefficient (Wildman–Crippen LogP) is 4.69. The van der Waals surface area contributed by atoms with Gasteiger partial charge in [0.1, 0.15) is 10.8 Å². The molecule has 0 unspecified atom stereocenters. The number of rotatable bonds is 4. The maximum Gasteiger partial charge on any atom is 0.131 e. The van der Waals surface area contributed by atoms with Crippen molar-refractivity contribution in [3.05, 3.63) is 63.6 Å². The molecule has 0 bridgehead atoms. The summed E-state index contributed by atoms with van der Waals surface area (Å²) in [5.74, 6) is 1.68. The van der Waals surface area contributed by atoms with E-state index in [9.17, 15) is 0 Å². The normalized spacial score (nSPS) is 17.3. The monoisotopic (exact) mass is 382 g/mol. The largest absolute Gasteiger partial charge is 0.293 e. The Hall–Kier alpha value is -1.82. The fourth-order valence-corrected chi connectivity index (χ4v) is 4.34. The van der Waals surface area contributed by atoms with Gasteiger partial charge in [-0.1, -0.05) is 23.7 Å². The van der Waals surface area contributed by atoms with Crippen LogP contribution in [-0.4, -0.2) is 26.4 Å².